The van der Waals surface area contributed by atoms with Gasteiger partial charge in [0, 0.05) is 6.61 Å². The maximum absolute atomic E-state index is 8.83. The van der Waals surface area contributed by atoms with E-state index in [4.69, 9.17) is 5.11 Å². The van der Waals surface area contributed by atoms with Crippen molar-refractivity contribution in [1.29, 1.82) is 0 Å². The van der Waals surface area contributed by atoms with Crippen molar-refractivity contribution in [2.24, 2.45) is 11.3 Å². The maximum atomic E-state index is 8.83. The number of hydrogen-bond acceptors (Lipinski definition) is 2. The highest BCUT2D eigenvalue weighted by molar-refractivity contribution is 4.66. The minimum Gasteiger partial charge on any atom is -0.396 e. The van der Waals surface area contributed by atoms with Crippen molar-refractivity contribution in [1.82, 2.24) is 5.32 Å². The van der Waals surface area contributed by atoms with Crippen LogP contribution in [0.3, 0.4) is 0 Å². The van der Waals surface area contributed by atoms with Gasteiger partial charge in [0.2, 0.25) is 0 Å². The van der Waals surface area contributed by atoms with E-state index in [9.17, 15) is 0 Å². The van der Waals surface area contributed by atoms with Gasteiger partial charge in [-0.2, -0.15) is 0 Å². The molecule has 0 aromatic carbocycles. The Morgan fingerprint density at radius 3 is 2.29 bits per heavy atom. The molecule has 0 aromatic rings. The molecular formula is C12H27NO. The lowest BCUT2D eigenvalue weighted by molar-refractivity contribution is 0.247. The van der Waals surface area contributed by atoms with Crippen LogP contribution in [0, 0.1) is 11.3 Å². The standard InChI is InChI=1S/C12H27NO/c1-5-11(7-9-14)6-8-13-10-12(2,3)4/h11,13-14H,5-10H2,1-4H3/t11-/m1/s1. The minimum atomic E-state index is 0.331. The van der Waals surface area contributed by atoms with Crippen LogP contribution in [0.2, 0.25) is 0 Å². The Morgan fingerprint density at radius 1 is 1.21 bits per heavy atom. The molecule has 0 heterocycles. The van der Waals surface area contributed by atoms with Crippen molar-refractivity contribution < 1.29 is 5.11 Å². The average molecular weight is 201 g/mol. The lowest BCUT2D eigenvalue weighted by Crippen LogP contribution is -2.28. The molecular weight excluding hydrogens is 174 g/mol. The summed E-state index contributed by atoms with van der Waals surface area (Å²) in [7, 11) is 0. The third kappa shape index (κ3) is 8.52. The molecule has 0 rings (SSSR count). The van der Waals surface area contributed by atoms with Crippen molar-refractivity contribution in [3.05, 3.63) is 0 Å². The van der Waals surface area contributed by atoms with Crippen LogP contribution in [-0.2, 0) is 0 Å². The molecule has 2 nitrogen and oxygen atoms in total. The summed E-state index contributed by atoms with van der Waals surface area (Å²) in [4.78, 5) is 0. The molecule has 14 heavy (non-hydrogen) atoms. The molecule has 0 fully saturated rings. The topological polar surface area (TPSA) is 32.3 Å². The molecule has 0 saturated carbocycles. The second-order valence-corrected chi connectivity index (χ2v) is 5.31. The molecule has 0 aliphatic heterocycles. The first kappa shape index (κ1) is 13.9. The first-order valence-electron chi connectivity index (χ1n) is 5.81. The fourth-order valence-corrected chi connectivity index (χ4v) is 1.50. The Hall–Kier alpha value is -0.0800. The van der Waals surface area contributed by atoms with Crippen LogP contribution in [0.4, 0.5) is 0 Å². The number of aliphatic hydroxyl groups excluding tert-OH is 1. The van der Waals surface area contributed by atoms with Gasteiger partial charge >= 0.3 is 0 Å². The van der Waals surface area contributed by atoms with Crippen LogP contribution in [0.1, 0.15) is 47.0 Å². The fraction of sp³-hybridized carbons (Fsp3) is 1.00. The van der Waals surface area contributed by atoms with E-state index in [1.165, 1.54) is 12.8 Å². The van der Waals surface area contributed by atoms with Crippen molar-refractivity contribution in [3.8, 4) is 0 Å². The molecule has 0 bridgehead atoms. The van der Waals surface area contributed by atoms with Crippen molar-refractivity contribution in [2.45, 2.75) is 47.0 Å². The van der Waals surface area contributed by atoms with Gasteiger partial charge in [0.25, 0.3) is 0 Å². The molecule has 0 aliphatic carbocycles. The average Bonchev–Trinajstić information content (AvgIpc) is 2.08. The van der Waals surface area contributed by atoms with Crippen LogP contribution in [0.5, 0.6) is 0 Å². The van der Waals surface area contributed by atoms with Crippen LogP contribution in [0.15, 0.2) is 0 Å². The van der Waals surface area contributed by atoms with Crippen LogP contribution in [0.25, 0.3) is 0 Å². The third-order valence-electron chi connectivity index (χ3n) is 2.50. The summed E-state index contributed by atoms with van der Waals surface area (Å²) in [6.45, 7) is 11.4. The van der Waals surface area contributed by atoms with E-state index in [-0.39, 0.29) is 0 Å². The molecule has 0 amide bonds. The van der Waals surface area contributed by atoms with E-state index in [1.54, 1.807) is 0 Å². The Balaban J connectivity index is 3.42. The molecule has 0 saturated heterocycles. The van der Waals surface area contributed by atoms with Gasteiger partial charge in [-0.3, -0.25) is 0 Å². The van der Waals surface area contributed by atoms with Gasteiger partial charge in [0.05, 0.1) is 0 Å². The number of aliphatic hydroxyl groups is 1. The second-order valence-electron chi connectivity index (χ2n) is 5.31. The Bertz CT molecular complexity index is 129. The van der Waals surface area contributed by atoms with E-state index in [0.717, 1.165) is 19.5 Å². The van der Waals surface area contributed by atoms with Crippen molar-refractivity contribution in [3.63, 3.8) is 0 Å². The molecule has 0 aromatic heterocycles. The monoisotopic (exact) mass is 201 g/mol. The summed E-state index contributed by atoms with van der Waals surface area (Å²) in [5, 5.41) is 12.3. The molecule has 2 N–H and O–H groups in total. The summed E-state index contributed by atoms with van der Waals surface area (Å²) in [5.74, 6) is 0.687. The normalized spacial score (nSPS) is 14.4. The Kier molecular flexibility index (Phi) is 7.20. The van der Waals surface area contributed by atoms with Gasteiger partial charge in [0.1, 0.15) is 0 Å². The summed E-state index contributed by atoms with van der Waals surface area (Å²) < 4.78 is 0. The van der Waals surface area contributed by atoms with E-state index < -0.39 is 0 Å². The van der Waals surface area contributed by atoms with E-state index in [2.05, 4.69) is 33.0 Å². The predicted octanol–water partition coefficient (Wildman–Crippen LogP) is 2.42. The van der Waals surface area contributed by atoms with Gasteiger partial charge in [0.15, 0.2) is 0 Å². The second kappa shape index (κ2) is 7.24. The SMILES string of the molecule is CC[C@@H](CCO)CCNCC(C)(C)C. The fourth-order valence-electron chi connectivity index (χ4n) is 1.50. The zero-order valence-corrected chi connectivity index (χ0v) is 10.3. The van der Waals surface area contributed by atoms with Gasteiger partial charge in [-0.15, -0.1) is 0 Å². The first-order valence-corrected chi connectivity index (χ1v) is 5.81. The molecule has 2 heteroatoms. The number of hydrogen-bond donors (Lipinski definition) is 2. The molecule has 0 aliphatic rings. The summed E-state index contributed by atoms with van der Waals surface area (Å²) >= 11 is 0. The highest BCUT2D eigenvalue weighted by Crippen LogP contribution is 2.13. The Labute approximate surface area is 89.1 Å². The summed E-state index contributed by atoms with van der Waals surface area (Å²) in [6.07, 6.45) is 3.32. The van der Waals surface area contributed by atoms with Gasteiger partial charge < -0.3 is 10.4 Å². The molecule has 0 unspecified atom stereocenters. The van der Waals surface area contributed by atoms with E-state index >= 15 is 0 Å². The summed E-state index contributed by atoms with van der Waals surface area (Å²) in [5.41, 5.74) is 0.374. The van der Waals surface area contributed by atoms with Gasteiger partial charge in [-0.25, -0.2) is 0 Å². The number of rotatable bonds is 7. The predicted molar refractivity (Wildman–Crippen MR) is 62.4 cm³/mol. The number of nitrogens with one attached hydrogen (secondary N) is 1. The van der Waals surface area contributed by atoms with E-state index in [0.29, 0.717) is 17.9 Å². The lowest BCUT2D eigenvalue weighted by atomic mass is 9.96. The van der Waals surface area contributed by atoms with Crippen molar-refractivity contribution in [2.75, 3.05) is 19.7 Å². The quantitative estimate of drug-likeness (QED) is 0.620. The molecule has 86 valence electrons. The zero-order chi connectivity index (χ0) is 11.0. The van der Waals surface area contributed by atoms with Crippen LogP contribution >= 0.6 is 0 Å². The zero-order valence-electron chi connectivity index (χ0n) is 10.3. The smallest absolute Gasteiger partial charge is 0.0433 e. The maximum Gasteiger partial charge on any atom is 0.0433 e. The summed E-state index contributed by atoms with van der Waals surface area (Å²) in [6, 6.07) is 0. The van der Waals surface area contributed by atoms with Crippen molar-refractivity contribution >= 4 is 0 Å². The highest BCUT2D eigenvalue weighted by Gasteiger charge is 2.09. The third-order valence-corrected chi connectivity index (χ3v) is 2.50. The van der Waals surface area contributed by atoms with Crippen LogP contribution < -0.4 is 5.32 Å². The largest absolute Gasteiger partial charge is 0.396 e. The first-order chi connectivity index (χ1) is 6.49. The molecule has 1 atom stereocenters. The highest BCUT2D eigenvalue weighted by atomic mass is 16.3. The molecule has 0 spiro atoms. The Morgan fingerprint density at radius 2 is 1.86 bits per heavy atom. The lowest BCUT2D eigenvalue weighted by Gasteiger charge is -2.20. The minimum absolute atomic E-state index is 0.331. The molecule has 0 radical (unpaired) electrons. The van der Waals surface area contributed by atoms with Crippen LogP contribution in [-0.4, -0.2) is 24.8 Å². The van der Waals surface area contributed by atoms with Gasteiger partial charge in [-0.1, -0.05) is 34.1 Å². The van der Waals surface area contributed by atoms with E-state index in [1.807, 2.05) is 0 Å². The van der Waals surface area contributed by atoms with Gasteiger partial charge in [-0.05, 0) is 37.3 Å².